The molecule has 0 spiro atoms. The van der Waals surface area contributed by atoms with E-state index in [4.69, 9.17) is 0 Å². The van der Waals surface area contributed by atoms with Crippen molar-refractivity contribution in [2.24, 2.45) is 0 Å². The molecule has 0 unspecified atom stereocenters. The van der Waals surface area contributed by atoms with Crippen LogP contribution >= 0.6 is 0 Å². The Morgan fingerprint density at radius 3 is 0.167 bits per heavy atom. The number of hydrogen-bond donors (Lipinski definition) is 0. The van der Waals surface area contributed by atoms with Gasteiger partial charge in [0.05, 0.1) is 0 Å². The van der Waals surface area contributed by atoms with Crippen LogP contribution in [0.3, 0.4) is 0 Å². The topological polar surface area (TPSA) is 284 Å². The van der Waals surface area contributed by atoms with Gasteiger partial charge < -0.3 is 49.3 Å². The Morgan fingerprint density at radius 1 is 0.167 bits per heavy atom. The molecule has 0 radical (unpaired) electrons. The minimum atomic E-state index is 0. The molecule has 0 aliphatic rings. The monoisotopic (exact) mass is 354 g/mol. The zero-order valence-electron chi connectivity index (χ0n) is 6.62. The van der Waals surface area contributed by atoms with Crippen LogP contribution in [-0.2, 0) is 58.4 Å². The summed E-state index contributed by atoms with van der Waals surface area (Å²) in [5, 5.41) is 0. The fourth-order valence-electron chi connectivity index (χ4n) is 0. The van der Waals surface area contributed by atoms with Gasteiger partial charge in [0.2, 0.25) is 0 Å². The van der Waals surface area contributed by atoms with Crippen LogP contribution in [0.15, 0.2) is 0 Å². The second-order valence-electron chi connectivity index (χ2n) is 0. The molecule has 0 aromatic rings. The quantitative estimate of drug-likeness (QED) is 0.364. The molecule has 12 heteroatoms. The second kappa shape index (κ2) is 727. The summed E-state index contributed by atoms with van der Waals surface area (Å²) in [7, 11) is 0. The predicted octanol–water partition coefficient (Wildman–Crippen LogP) is -7.43. The summed E-state index contributed by atoms with van der Waals surface area (Å²) >= 11 is 0. The van der Waals surface area contributed by atoms with E-state index in [-0.39, 0.29) is 108 Å². The summed E-state index contributed by atoms with van der Waals surface area (Å²) in [6.45, 7) is 0. The van der Waals surface area contributed by atoms with E-state index in [0.717, 1.165) is 0 Å². The Bertz CT molecular complexity index is 9.74. The molecule has 0 atom stereocenters. The van der Waals surface area contributed by atoms with Crippen LogP contribution in [-0.4, -0.2) is 49.3 Å². The van der Waals surface area contributed by atoms with Gasteiger partial charge in [-0.05, 0) is 0 Å². The molecule has 0 saturated carbocycles. The minimum absolute atomic E-state index is 0. The third kappa shape index (κ3) is 558. The van der Waals surface area contributed by atoms with Crippen molar-refractivity contribution in [3.63, 3.8) is 0 Å². The van der Waals surface area contributed by atoms with Gasteiger partial charge in [-0.3, -0.25) is 0 Å². The van der Waals surface area contributed by atoms with Gasteiger partial charge >= 0.3 is 0 Å². The first-order chi connectivity index (χ1) is 0. The molecule has 18 N–H and O–H groups in total. The molecule has 0 aromatic heterocycles. The fraction of sp³-hybridized carbons (Fsp3) is 0. The van der Waals surface area contributed by atoms with Crippen LogP contribution in [0.25, 0.3) is 0 Å². The van der Waals surface area contributed by atoms with E-state index in [1.54, 1.807) is 0 Å². The van der Waals surface area contributed by atoms with E-state index in [1.807, 2.05) is 0 Å². The maximum absolute atomic E-state index is 0. The molecule has 0 aromatic carbocycles. The van der Waals surface area contributed by atoms with Crippen LogP contribution in [0.4, 0.5) is 0 Å². The van der Waals surface area contributed by atoms with E-state index in [9.17, 15) is 0 Å². The zero-order valence-corrected chi connectivity index (χ0v) is 15.5. The molecule has 0 saturated heterocycles. The molecular formula is H18O9Zn3. The van der Waals surface area contributed by atoms with Gasteiger partial charge in [-0.2, -0.15) is 0 Å². The summed E-state index contributed by atoms with van der Waals surface area (Å²) in [6.07, 6.45) is 0. The van der Waals surface area contributed by atoms with E-state index >= 15 is 0 Å². The van der Waals surface area contributed by atoms with Crippen molar-refractivity contribution in [1.29, 1.82) is 0 Å². The van der Waals surface area contributed by atoms with Gasteiger partial charge in [0, 0.05) is 58.4 Å². The Kier molecular flexibility index (Phi) is 56200. The van der Waals surface area contributed by atoms with Crippen molar-refractivity contribution in [2.45, 2.75) is 0 Å². The van der Waals surface area contributed by atoms with Gasteiger partial charge in [0.1, 0.15) is 0 Å². The summed E-state index contributed by atoms with van der Waals surface area (Å²) in [4.78, 5) is 0. The first-order valence-corrected chi connectivity index (χ1v) is 0. The SMILES string of the molecule is O.O.O.O.O.O.O.O.O.[Zn].[Zn].[Zn]. The molecule has 0 heterocycles. The smallest absolute Gasteiger partial charge is 0 e. The molecule has 0 aliphatic heterocycles. The van der Waals surface area contributed by atoms with E-state index in [2.05, 4.69) is 0 Å². The minimum Gasteiger partial charge on any atom is -0.412 e. The largest absolute Gasteiger partial charge is 0.412 e. The maximum Gasteiger partial charge on any atom is 0 e. The van der Waals surface area contributed by atoms with Crippen LogP contribution in [0.5, 0.6) is 0 Å². The second-order valence-corrected chi connectivity index (χ2v) is 0. The van der Waals surface area contributed by atoms with Gasteiger partial charge in [-0.1, -0.05) is 0 Å². The molecule has 0 amide bonds. The molecule has 0 rings (SSSR count). The third-order valence-electron chi connectivity index (χ3n) is 0. The normalized spacial score (nSPS) is 0. The molecule has 0 aliphatic carbocycles. The summed E-state index contributed by atoms with van der Waals surface area (Å²) in [5.74, 6) is 0. The van der Waals surface area contributed by atoms with E-state index in [1.165, 1.54) is 0 Å². The number of hydrogen-bond acceptors (Lipinski definition) is 0. The Labute approximate surface area is 107 Å². The summed E-state index contributed by atoms with van der Waals surface area (Å²) < 4.78 is 0. The number of rotatable bonds is 0. The van der Waals surface area contributed by atoms with Crippen molar-refractivity contribution in [2.75, 3.05) is 0 Å². The predicted molar refractivity (Wildman–Crippen MR) is 32.5 cm³/mol. The van der Waals surface area contributed by atoms with Crippen molar-refractivity contribution in [3.8, 4) is 0 Å². The zero-order chi connectivity index (χ0) is 0. The van der Waals surface area contributed by atoms with Crippen molar-refractivity contribution < 1.29 is 108 Å². The Morgan fingerprint density at radius 2 is 0.167 bits per heavy atom. The fourth-order valence-corrected chi connectivity index (χ4v) is 0. The first kappa shape index (κ1) is 927. The standard InChI is InChI=1S/9H2O.3Zn/h9*1H2;;;. The van der Waals surface area contributed by atoms with Crippen molar-refractivity contribution in [1.82, 2.24) is 0 Å². The molecule has 9 nitrogen and oxygen atoms in total. The van der Waals surface area contributed by atoms with E-state index < -0.39 is 0 Å². The Balaban J connectivity index is 0. The first-order valence-electron chi connectivity index (χ1n) is 0. The van der Waals surface area contributed by atoms with Crippen molar-refractivity contribution >= 4 is 0 Å². The van der Waals surface area contributed by atoms with E-state index in [0.29, 0.717) is 0 Å². The third-order valence-corrected chi connectivity index (χ3v) is 0. The average Bonchev–Trinajstić information content (AvgIpc) is 0. The van der Waals surface area contributed by atoms with Gasteiger partial charge in [0.25, 0.3) is 0 Å². The van der Waals surface area contributed by atoms with Crippen LogP contribution in [0, 0.1) is 0 Å². The van der Waals surface area contributed by atoms with Gasteiger partial charge in [-0.25, -0.2) is 0 Å². The van der Waals surface area contributed by atoms with Crippen LogP contribution in [0.2, 0.25) is 0 Å². The maximum atomic E-state index is 0. The molecule has 78 valence electrons. The van der Waals surface area contributed by atoms with Crippen LogP contribution < -0.4 is 0 Å². The molecule has 12 heavy (non-hydrogen) atoms. The summed E-state index contributed by atoms with van der Waals surface area (Å²) in [6, 6.07) is 0. The van der Waals surface area contributed by atoms with Gasteiger partial charge in [-0.15, -0.1) is 0 Å². The summed E-state index contributed by atoms with van der Waals surface area (Å²) in [5.41, 5.74) is 0. The van der Waals surface area contributed by atoms with Gasteiger partial charge in [0.15, 0.2) is 0 Å². The molecule has 0 fully saturated rings. The van der Waals surface area contributed by atoms with Crippen LogP contribution in [0.1, 0.15) is 0 Å². The van der Waals surface area contributed by atoms with Crippen molar-refractivity contribution in [3.05, 3.63) is 0 Å². The Hall–Kier alpha value is 1.51. The molecule has 0 bridgehead atoms. The average molecular weight is 358 g/mol. The molecular weight excluding hydrogens is 340 g/mol.